The third-order valence-electron chi connectivity index (χ3n) is 0.0714. The summed E-state index contributed by atoms with van der Waals surface area (Å²) in [5, 5.41) is 0. The zero-order valence-corrected chi connectivity index (χ0v) is 10.4. The normalized spacial score (nSPS) is 7.67. The van der Waals surface area contributed by atoms with E-state index in [1.807, 2.05) is 0 Å². The molecule has 0 aliphatic heterocycles. The summed E-state index contributed by atoms with van der Waals surface area (Å²) < 4.78 is 0. The quantitative estimate of drug-likeness (QED) is 0.651. The highest BCUT2D eigenvalue weighted by atomic mass is 35.5. The van der Waals surface area contributed by atoms with Crippen LogP contribution in [0.4, 0.5) is 0 Å². The van der Waals surface area contributed by atoms with Crippen LogP contribution in [0.2, 0.25) is 0 Å². The summed E-state index contributed by atoms with van der Waals surface area (Å²) in [6, 6.07) is 0. The summed E-state index contributed by atoms with van der Waals surface area (Å²) in [6.45, 7) is 4.75. The number of carbonyl (C=O) groups excluding carboxylic acids is 1. The Morgan fingerprint density at radius 1 is 1.17 bits per heavy atom. The molecule has 0 amide bonds. The van der Waals surface area contributed by atoms with Crippen molar-refractivity contribution in [2.45, 2.75) is 25.6 Å². The Morgan fingerprint density at radius 2 is 1.25 bits per heavy atom. The van der Waals surface area contributed by atoms with E-state index in [1.54, 1.807) is 6.92 Å². The molecule has 0 aromatic carbocycles. The van der Waals surface area contributed by atoms with Crippen LogP contribution in [0.3, 0.4) is 0 Å². The van der Waals surface area contributed by atoms with E-state index in [0.717, 1.165) is 0 Å². The fourth-order valence-electron chi connectivity index (χ4n) is 0. The SMILES string of the molecule is CC(C)=O.CC(Cl)Cl.ClCCCl. The van der Waals surface area contributed by atoms with E-state index in [1.165, 1.54) is 13.8 Å². The van der Waals surface area contributed by atoms with Gasteiger partial charge in [0.2, 0.25) is 0 Å². The van der Waals surface area contributed by atoms with Crippen LogP contribution >= 0.6 is 46.4 Å². The van der Waals surface area contributed by atoms with Crippen LogP contribution in [0.5, 0.6) is 0 Å². The van der Waals surface area contributed by atoms with Gasteiger partial charge in [-0.25, -0.2) is 0 Å². The molecule has 0 unspecified atom stereocenters. The molecule has 0 radical (unpaired) electrons. The summed E-state index contributed by atoms with van der Waals surface area (Å²) in [5.41, 5.74) is 0. The van der Waals surface area contributed by atoms with Gasteiger partial charge in [0.15, 0.2) is 0 Å². The molecular formula is C7H14Cl4O. The van der Waals surface area contributed by atoms with E-state index in [0.29, 0.717) is 11.8 Å². The van der Waals surface area contributed by atoms with Crippen molar-refractivity contribution >= 4 is 52.2 Å². The first-order valence-corrected chi connectivity index (χ1v) is 5.19. The summed E-state index contributed by atoms with van der Waals surface area (Å²) in [7, 11) is 0. The van der Waals surface area contributed by atoms with E-state index in [9.17, 15) is 4.79 Å². The van der Waals surface area contributed by atoms with Crippen molar-refractivity contribution in [3.63, 3.8) is 0 Å². The van der Waals surface area contributed by atoms with Crippen LogP contribution < -0.4 is 0 Å². The number of Topliss-reactive ketones (excluding diaryl/α,β-unsaturated/α-hetero) is 1. The molecule has 0 atom stereocenters. The molecule has 0 saturated carbocycles. The summed E-state index contributed by atoms with van der Waals surface area (Å²) in [5.74, 6) is 1.28. The molecular weight excluding hydrogens is 242 g/mol. The molecule has 0 bridgehead atoms. The lowest BCUT2D eigenvalue weighted by Gasteiger charge is -1.72. The van der Waals surface area contributed by atoms with Gasteiger partial charge in [-0.1, -0.05) is 0 Å². The Bertz CT molecular complexity index is 76.7. The van der Waals surface area contributed by atoms with E-state index in [2.05, 4.69) is 0 Å². The molecule has 0 rings (SSSR count). The standard InChI is InChI=1S/C3H6O.2C2H4Cl2/c1-3(2)4;1-2(3)4;3-1-2-4/h1-2H3;2H,1H3;1-2H2. The second-order valence-electron chi connectivity index (χ2n) is 1.81. The maximum absolute atomic E-state index is 9.44. The number of rotatable bonds is 1. The van der Waals surface area contributed by atoms with Crippen molar-refractivity contribution < 1.29 is 4.79 Å². The van der Waals surface area contributed by atoms with E-state index in [4.69, 9.17) is 46.4 Å². The Hall–Kier alpha value is 0.830. The molecule has 0 fully saturated rings. The fraction of sp³-hybridized carbons (Fsp3) is 0.857. The number of carbonyl (C=O) groups is 1. The van der Waals surface area contributed by atoms with Crippen molar-refractivity contribution in [3.05, 3.63) is 0 Å². The van der Waals surface area contributed by atoms with E-state index >= 15 is 0 Å². The van der Waals surface area contributed by atoms with Gasteiger partial charge in [-0.3, -0.25) is 0 Å². The maximum Gasteiger partial charge on any atom is 0.126 e. The van der Waals surface area contributed by atoms with Crippen molar-refractivity contribution in [3.8, 4) is 0 Å². The molecule has 0 aliphatic rings. The van der Waals surface area contributed by atoms with Crippen molar-refractivity contribution in [2.24, 2.45) is 0 Å². The van der Waals surface area contributed by atoms with Crippen LogP contribution in [-0.2, 0) is 4.79 Å². The summed E-state index contributed by atoms with van der Waals surface area (Å²) in [4.78, 5) is 9.22. The first-order valence-electron chi connectivity index (χ1n) is 3.25. The first-order chi connectivity index (χ1) is 5.38. The molecule has 0 heterocycles. The predicted molar refractivity (Wildman–Crippen MR) is 59.0 cm³/mol. The van der Waals surface area contributed by atoms with Crippen LogP contribution in [0.25, 0.3) is 0 Å². The number of hydrogen-bond donors (Lipinski definition) is 0. The lowest BCUT2D eigenvalue weighted by Crippen LogP contribution is -1.69. The molecule has 0 aromatic heterocycles. The van der Waals surface area contributed by atoms with Crippen LogP contribution in [0, 0.1) is 0 Å². The molecule has 0 saturated heterocycles. The number of hydrogen-bond acceptors (Lipinski definition) is 1. The highest BCUT2D eigenvalue weighted by molar-refractivity contribution is 6.43. The topological polar surface area (TPSA) is 17.1 Å². The van der Waals surface area contributed by atoms with Crippen LogP contribution in [0.1, 0.15) is 20.8 Å². The zero-order valence-electron chi connectivity index (χ0n) is 7.41. The highest BCUT2D eigenvalue weighted by Crippen LogP contribution is 1.95. The van der Waals surface area contributed by atoms with E-state index in [-0.39, 0.29) is 10.6 Å². The van der Waals surface area contributed by atoms with Gasteiger partial charge in [-0.15, -0.1) is 46.4 Å². The van der Waals surface area contributed by atoms with Gasteiger partial charge in [-0.05, 0) is 20.8 Å². The summed E-state index contributed by atoms with van der Waals surface area (Å²) in [6.07, 6.45) is 0. The van der Waals surface area contributed by atoms with Gasteiger partial charge in [0, 0.05) is 11.8 Å². The van der Waals surface area contributed by atoms with Crippen molar-refractivity contribution in [1.82, 2.24) is 0 Å². The second-order valence-corrected chi connectivity index (χ2v) is 4.09. The minimum Gasteiger partial charge on any atom is -0.300 e. The van der Waals surface area contributed by atoms with Gasteiger partial charge >= 0.3 is 0 Å². The van der Waals surface area contributed by atoms with Crippen molar-refractivity contribution in [2.75, 3.05) is 11.8 Å². The minimum absolute atomic E-state index is 0.167. The predicted octanol–water partition coefficient (Wildman–Crippen LogP) is 3.87. The van der Waals surface area contributed by atoms with Crippen molar-refractivity contribution in [1.29, 1.82) is 0 Å². The monoisotopic (exact) mass is 254 g/mol. The van der Waals surface area contributed by atoms with Crippen LogP contribution in [0.15, 0.2) is 0 Å². The van der Waals surface area contributed by atoms with E-state index < -0.39 is 0 Å². The maximum atomic E-state index is 9.44. The Kier molecular flexibility index (Phi) is 27.6. The molecule has 12 heavy (non-hydrogen) atoms. The average Bonchev–Trinajstić information content (AvgIpc) is 1.85. The molecule has 0 aliphatic carbocycles. The number of alkyl halides is 4. The van der Waals surface area contributed by atoms with Gasteiger partial charge in [0.25, 0.3) is 0 Å². The summed E-state index contributed by atoms with van der Waals surface area (Å²) >= 11 is 20.2. The van der Waals surface area contributed by atoms with Crippen LogP contribution in [-0.4, -0.2) is 22.4 Å². The minimum atomic E-state index is -0.222. The molecule has 0 aromatic rings. The molecule has 76 valence electrons. The third-order valence-corrected chi connectivity index (χ3v) is 0.643. The van der Waals surface area contributed by atoms with Gasteiger partial charge in [0.05, 0.1) is 0 Å². The Balaban J connectivity index is -0.000000101. The van der Waals surface area contributed by atoms with Gasteiger partial charge < -0.3 is 4.79 Å². The number of halogens is 4. The highest BCUT2D eigenvalue weighted by Gasteiger charge is 1.75. The zero-order chi connectivity index (χ0) is 10.6. The number of ketones is 1. The lowest BCUT2D eigenvalue weighted by molar-refractivity contribution is -0.114. The molecule has 0 N–H and O–H groups in total. The Morgan fingerprint density at radius 3 is 1.25 bits per heavy atom. The first kappa shape index (κ1) is 18.6. The third kappa shape index (κ3) is 312. The van der Waals surface area contributed by atoms with Gasteiger partial charge in [-0.2, -0.15) is 0 Å². The average molecular weight is 256 g/mol. The molecule has 0 spiro atoms. The lowest BCUT2D eigenvalue weighted by atomic mass is 10.6. The fourth-order valence-corrected chi connectivity index (χ4v) is 0. The van der Waals surface area contributed by atoms with Gasteiger partial charge in [0.1, 0.15) is 10.6 Å². The smallest absolute Gasteiger partial charge is 0.126 e. The molecule has 1 nitrogen and oxygen atoms in total. The second kappa shape index (κ2) is 17.8. The Labute approximate surface area is 94.3 Å². The largest absolute Gasteiger partial charge is 0.300 e. The molecule has 5 heteroatoms.